The van der Waals surface area contributed by atoms with Gasteiger partial charge in [0.25, 0.3) is 5.91 Å². The zero-order valence-electron chi connectivity index (χ0n) is 14.3. The second-order valence-electron chi connectivity index (χ2n) is 5.50. The number of carbonyl (C=O) groups is 1. The van der Waals surface area contributed by atoms with Crippen LogP contribution in [0.1, 0.15) is 18.1 Å². The molecule has 0 heterocycles. The summed E-state index contributed by atoms with van der Waals surface area (Å²) < 4.78 is 5.10. The number of allylic oxidation sites excluding steroid dienone is 2. The number of amides is 1. The molecule has 25 heavy (non-hydrogen) atoms. The van der Waals surface area contributed by atoms with Crippen LogP contribution in [0.25, 0.3) is 6.08 Å². The molecule has 0 saturated heterocycles. The van der Waals surface area contributed by atoms with Crippen LogP contribution in [0, 0.1) is 11.3 Å². The van der Waals surface area contributed by atoms with Gasteiger partial charge in [-0.1, -0.05) is 48.5 Å². The van der Waals surface area contributed by atoms with Crippen molar-refractivity contribution in [3.63, 3.8) is 0 Å². The highest BCUT2D eigenvalue weighted by molar-refractivity contribution is 5.97. The Bertz CT molecular complexity index is 813. The summed E-state index contributed by atoms with van der Waals surface area (Å²) in [5.74, 6) is 0.369. The molecule has 0 aliphatic carbocycles. The maximum absolute atomic E-state index is 12.2. The maximum atomic E-state index is 12.2. The third-order valence-corrected chi connectivity index (χ3v) is 3.54. The van der Waals surface area contributed by atoms with Crippen molar-refractivity contribution >= 4 is 12.0 Å². The molecule has 4 heteroatoms. The molecule has 0 aliphatic heterocycles. The van der Waals surface area contributed by atoms with Crippen molar-refractivity contribution in [2.45, 2.75) is 13.5 Å². The van der Waals surface area contributed by atoms with Gasteiger partial charge in [0, 0.05) is 6.54 Å². The number of nitriles is 1. The molecule has 0 fully saturated rings. The first-order valence-electron chi connectivity index (χ1n) is 7.88. The molecule has 2 aromatic rings. The molecular formula is C21H20N2O2. The van der Waals surface area contributed by atoms with Gasteiger partial charge < -0.3 is 10.1 Å². The molecule has 0 aliphatic rings. The summed E-state index contributed by atoms with van der Waals surface area (Å²) in [6.45, 7) is 2.21. The van der Waals surface area contributed by atoms with Gasteiger partial charge in [0.2, 0.25) is 0 Å². The monoisotopic (exact) mass is 332 g/mol. The third kappa shape index (κ3) is 5.67. The van der Waals surface area contributed by atoms with Crippen LogP contribution in [0.4, 0.5) is 0 Å². The first kappa shape index (κ1) is 18.0. The van der Waals surface area contributed by atoms with E-state index in [4.69, 9.17) is 4.74 Å². The highest BCUT2D eigenvalue weighted by Gasteiger charge is 2.08. The number of rotatable bonds is 6. The van der Waals surface area contributed by atoms with Gasteiger partial charge in [0.05, 0.1) is 7.11 Å². The molecule has 4 nitrogen and oxygen atoms in total. The Morgan fingerprint density at radius 2 is 1.84 bits per heavy atom. The number of benzene rings is 2. The first-order valence-corrected chi connectivity index (χ1v) is 7.88. The molecule has 0 saturated carbocycles. The first-order chi connectivity index (χ1) is 12.1. The van der Waals surface area contributed by atoms with Crippen molar-refractivity contribution in [1.29, 1.82) is 5.26 Å². The van der Waals surface area contributed by atoms with Crippen LogP contribution in [-0.2, 0) is 11.3 Å². The standard InChI is InChI=1S/C21H20N2O2/c1-16(12-17-6-4-3-5-7-17)13-19(14-22)21(24)23-15-18-8-10-20(25-2)11-9-18/h3-13H,15H2,1-2H3,(H,23,24)/b16-12+,19-13-. The van der Waals surface area contributed by atoms with Crippen LogP contribution in [0.15, 0.2) is 71.8 Å². The van der Waals surface area contributed by atoms with Gasteiger partial charge in [0.15, 0.2) is 0 Å². The van der Waals surface area contributed by atoms with Crippen LogP contribution < -0.4 is 10.1 Å². The molecule has 0 radical (unpaired) electrons. The van der Waals surface area contributed by atoms with Gasteiger partial charge in [-0.15, -0.1) is 0 Å². The van der Waals surface area contributed by atoms with E-state index in [1.165, 1.54) is 0 Å². The highest BCUT2D eigenvalue weighted by Crippen LogP contribution is 2.12. The Morgan fingerprint density at radius 3 is 2.44 bits per heavy atom. The van der Waals surface area contributed by atoms with Crippen LogP contribution in [-0.4, -0.2) is 13.0 Å². The summed E-state index contributed by atoms with van der Waals surface area (Å²) in [5, 5.41) is 12.0. The van der Waals surface area contributed by atoms with Crippen LogP contribution >= 0.6 is 0 Å². The summed E-state index contributed by atoms with van der Waals surface area (Å²) in [6.07, 6.45) is 3.52. The van der Waals surface area contributed by atoms with Crippen molar-refractivity contribution in [3.05, 3.63) is 82.9 Å². The van der Waals surface area contributed by atoms with E-state index in [1.54, 1.807) is 13.2 Å². The molecule has 1 N–H and O–H groups in total. The van der Waals surface area contributed by atoms with Gasteiger partial charge in [-0.05, 0) is 41.8 Å². The van der Waals surface area contributed by atoms with Gasteiger partial charge in [-0.25, -0.2) is 0 Å². The van der Waals surface area contributed by atoms with Crippen LogP contribution in [0.5, 0.6) is 5.75 Å². The van der Waals surface area contributed by atoms with Crippen molar-refractivity contribution in [2.24, 2.45) is 0 Å². The quantitative estimate of drug-likeness (QED) is 0.496. The fourth-order valence-electron chi connectivity index (χ4n) is 2.25. The van der Waals surface area contributed by atoms with Crippen molar-refractivity contribution in [1.82, 2.24) is 5.32 Å². The van der Waals surface area contributed by atoms with E-state index >= 15 is 0 Å². The zero-order chi connectivity index (χ0) is 18.1. The lowest BCUT2D eigenvalue weighted by Crippen LogP contribution is -2.24. The number of hydrogen-bond donors (Lipinski definition) is 1. The molecule has 0 atom stereocenters. The maximum Gasteiger partial charge on any atom is 0.262 e. The second kappa shape index (κ2) is 9.09. The zero-order valence-corrected chi connectivity index (χ0v) is 14.3. The van der Waals surface area contributed by atoms with Crippen LogP contribution in [0.2, 0.25) is 0 Å². The van der Waals surface area contributed by atoms with E-state index in [0.717, 1.165) is 22.4 Å². The largest absolute Gasteiger partial charge is 0.497 e. The fourth-order valence-corrected chi connectivity index (χ4v) is 2.25. The topological polar surface area (TPSA) is 62.1 Å². The molecule has 1 amide bonds. The fraction of sp³-hybridized carbons (Fsp3) is 0.143. The Kier molecular flexibility index (Phi) is 6.56. The van der Waals surface area contributed by atoms with E-state index < -0.39 is 0 Å². The molecule has 0 bridgehead atoms. The number of nitrogens with zero attached hydrogens (tertiary/aromatic N) is 1. The minimum absolute atomic E-state index is 0.0817. The molecule has 2 rings (SSSR count). The van der Waals surface area contributed by atoms with Crippen LogP contribution in [0.3, 0.4) is 0 Å². The Morgan fingerprint density at radius 1 is 1.16 bits per heavy atom. The predicted molar refractivity (Wildman–Crippen MR) is 98.6 cm³/mol. The Hall–Kier alpha value is -3.32. The molecule has 2 aromatic carbocycles. The SMILES string of the molecule is COc1ccc(CNC(=O)/C(C#N)=C\C(C)=C\c2ccccc2)cc1. The van der Waals surface area contributed by atoms with Gasteiger partial charge in [-0.3, -0.25) is 4.79 Å². The molecular weight excluding hydrogens is 312 g/mol. The van der Waals surface area contributed by atoms with Crippen molar-refractivity contribution in [2.75, 3.05) is 7.11 Å². The van der Waals surface area contributed by atoms with Crippen molar-refractivity contribution < 1.29 is 9.53 Å². The van der Waals surface area contributed by atoms with E-state index in [2.05, 4.69) is 5.32 Å². The van der Waals surface area contributed by atoms with Gasteiger partial charge in [-0.2, -0.15) is 5.26 Å². The Balaban J connectivity index is 2.02. The summed E-state index contributed by atoms with van der Waals surface area (Å²) in [4.78, 5) is 12.2. The molecule has 0 unspecified atom stereocenters. The number of methoxy groups -OCH3 is 1. The summed E-state index contributed by atoms with van der Waals surface area (Å²) in [6, 6.07) is 19.1. The average Bonchev–Trinajstić information content (AvgIpc) is 2.65. The number of nitrogens with one attached hydrogen (secondary N) is 1. The van der Waals surface area contributed by atoms with Gasteiger partial charge in [0.1, 0.15) is 17.4 Å². The van der Waals surface area contributed by atoms with Gasteiger partial charge >= 0.3 is 0 Å². The lowest BCUT2D eigenvalue weighted by molar-refractivity contribution is -0.117. The van der Waals surface area contributed by atoms with E-state index in [0.29, 0.717) is 6.54 Å². The molecule has 0 aromatic heterocycles. The highest BCUT2D eigenvalue weighted by atomic mass is 16.5. The second-order valence-corrected chi connectivity index (χ2v) is 5.50. The molecule has 126 valence electrons. The summed E-state index contributed by atoms with van der Waals surface area (Å²) in [7, 11) is 1.60. The summed E-state index contributed by atoms with van der Waals surface area (Å²) in [5.41, 5.74) is 2.87. The predicted octanol–water partition coefficient (Wildman–Crippen LogP) is 3.86. The van der Waals surface area contributed by atoms with Crippen molar-refractivity contribution in [3.8, 4) is 11.8 Å². The Labute approximate surface area is 148 Å². The van der Waals surface area contributed by atoms with E-state index in [1.807, 2.05) is 73.7 Å². The van der Waals surface area contributed by atoms with E-state index in [9.17, 15) is 10.1 Å². The minimum Gasteiger partial charge on any atom is -0.497 e. The number of carbonyl (C=O) groups excluding carboxylic acids is 1. The normalized spacial score (nSPS) is 11.6. The third-order valence-electron chi connectivity index (χ3n) is 3.54. The lowest BCUT2D eigenvalue weighted by atomic mass is 10.1. The minimum atomic E-state index is -0.390. The summed E-state index contributed by atoms with van der Waals surface area (Å²) >= 11 is 0. The smallest absolute Gasteiger partial charge is 0.262 e. The number of hydrogen-bond acceptors (Lipinski definition) is 3. The average molecular weight is 332 g/mol. The molecule has 0 spiro atoms. The van der Waals surface area contributed by atoms with E-state index in [-0.39, 0.29) is 11.5 Å². The number of ether oxygens (including phenoxy) is 1. The lowest BCUT2D eigenvalue weighted by Gasteiger charge is -2.06.